The zero-order chi connectivity index (χ0) is 41.8. The van der Waals surface area contributed by atoms with E-state index >= 15 is 0 Å². The molecule has 3 unspecified atom stereocenters. The van der Waals surface area contributed by atoms with Crippen molar-refractivity contribution in [1.29, 1.82) is 0 Å². The standard InChI is InChI=1S/C48H93N2O6P/c1-3-5-7-9-11-13-15-17-19-20-21-22-23-24-25-26-28-30-32-34-36-38-40-42-48(52)50-46(45-56-57(53,54)55-44-43-49)47(51)41-39-37-35-33-31-29-27-18-16-14-12-10-8-6-4-2/h16,18,31,33,39,41,46-47,51H,3-15,17,19-30,32,34-38,40,42-45,49H2,1-2H3,(H,50,52)(H,53,54)/b18-16+,33-31+,41-39+. The molecule has 0 saturated heterocycles. The zero-order valence-corrected chi connectivity index (χ0v) is 38.2. The van der Waals surface area contributed by atoms with E-state index in [0.717, 1.165) is 44.9 Å². The summed E-state index contributed by atoms with van der Waals surface area (Å²) in [5.74, 6) is -0.205. The first-order valence-corrected chi connectivity index (χ1v) is 25.6. The molecule has 9 heteroatoms. The monoisotopic (exact) mass is 825 g/mol. The first-order valence-electron chi connectivity index (χ1n) is 24.1. The molecule has 336 valence electrons. The average Bonchev–Trinajstić information content (AvgIpc) is 3.20. The summed E-state index contributed by atoms with van der Waals surface area (Å²) < 4.78 is 22.1. The maximum Gasteiger partial charge on any atom is 0.472 e. The number of nitrogens with one attached hydrogen (secondary N) is 1. The highest BCUT2D eigenvalue weighted by molar-refractivity contribution is 7.47. The number of rotatable bonds is 45. The zero-order valence-electron chi connectivity index (χ0n) is 37.3. The van der Waals surface area contributed by atoms with Gasteiger partial charge in [-0.3, -0.25) is 13.8 Å². The van der Waals surface area contributed by atoms with Crippen molar-refractivity contribution >= 4 is 13.7 Å². The van der Waals surface area contributed by atoms with Crippen molar-refractivity contribution in [3.63, 3.8) is 0 Å². The van der Waals surface area contributed by atoms with Crippen LogP contribution in [0.3, 0.4) is 0 Å². The maximum absolute atomic E-state index is 12.8. The average molecular weight is 825 g/mol. The Morgan fingerprint density at radius 1 is 0.561 bits per heavy atom. The van der Waals surface area contributed by atoms with Gasteiger partial charge in [0.1, 0.15) is 0 Å². The minimum absolute atomic E-state index is 0.0728. The number of aliphatic hydroxyl groups excluding tert-OH is 1. The molecule has 0 aromatic heterocycles. The lowest BCUT2D eigenvalue weighted by molar-refractivity contribution is -0.123. The number of phosphoric ester groups is 1. The van der Waals surface area contributed by atoms with Gasteiger partial charge in [-0.1, -0.05) is 217 Å². The Morgan fingerprint density at radius 3 is 1.35 bits per heavy atom. The molecule has 0 rings (SSSR count). The lowest BCUT2D eigenvalue weighted by Crippen LogP contribution is -2.45. The summed E-state index contributed by atoms with van der Waals surface area (Å²) in [5.41, 5.74) is 5.38. The Morgan fingerprint density at radius 2 is 0.930 bits per heavy atom. The number of carbonyl (C=O) groups is 1. The molecule has 0 radical (unpaired) electrons. The molecule has 0 saturated carbocycles. The Balaban J connectivity index is 4.11. The second kappa shape index (κ2) is 44.3. The third kappa shape index (κ3) is 42.6. The molecule has 0 aromatic rings. The lowest BCUT2D eigenvalue weighted by Gasteiger charge is -2.23. The summed E-state index contributed by atoms with van der Waals surface area (Å²) in [6.45, 7) is 4.11. The normalized spacial score (nSPS) is 14.3. The Hall–Kier alpha value is -1.28. The Labute approximate surface area is 352 Å². The van der Waals surface area contributed by atoms with Gasteiger partial charge in [0.2, 0.25) is 5.91 Å². The fourth-order valence-electron chi connectivity index (χ4n) is 7.05. The number of hydrogen-bond acceptors (Lipinski definition) is 6. The van der Waals surface area contributed by atoms with Crippen LogP contribution in [0.4, 0.5) is 0 Å². The molecule has 0 heterocycles. The number of nitrogens with two attached hydrogens (primary N) is 1. The van der Waals surface area contributed by atoms with E-state index in [0.29, 0.717) is 6.42 Å². The SMILES string of the molecule is CCCCCCC/C=C/CC/C=C/CC/C=C/C(O)C(COP(=O)(O)OCCN)NC(=O)CCCCCCCCCCCCCCCCCCCCCCCCC. The van der Waals surface area contributed by atoms with Crippen molar-refractivity contribution in [3.8, 4) is 0 Å². The first-order chi connectivity index (χ1) is 27.9. The van der Waals surface area contributed by atoms with Crippen molar-refractivity contribution in [3.05, 3.63) is 36.5 Å². The summed E-state index contributed by atoms with van der Waals surface area (Å²) in [4.78, 5) is 22.7. The number of aliphatic hydroxyl groups is 1. The largest absolute Gasteiger partial charge is 0.472 e. The van der Waals surface area contributed by atoms with Gasteiger partial charge in [0.15, 0.2) is 0 Å². The van der Waals surface area contributed by atoms with Gasteiger partial charge in [0.25, 0.3) is 0 Å². The highest BCUT2D eigenvalue weighted by Crippen LogP contribution is 2.43. The number of allylic oxidation sites excluding steroid dienone is 5. The maximum atomic E-state index is 12.8. The van der Waals surface area contributed by atoms with Gasteiger partial charge >= 0.3 is 7.82 Å². The summed E-state index contributed by atoms with van der Waals surface area (Å²) in [5, 5.41) is 13.7. The van der Waals surface area contributed by atoms with E-state index in [2.05, 4.69) is 43.5 Å². The van der Waals surface area contributed by atoms with Crippen molar-refractivity contribution in [2.75, 3.05) is 19.8 Å². The third-order valence-electron chi connectivity index (χ3n) is 10.7. The van der Waals surface area contributed by atoms with Crippen LogP contribution in [0.1, 0.15) is 232 Å². The van der Waals surface area contributed by atoms with Gasteiger partial charge in [0, 0.05) is 13.0 Å². The van der Waals surface area contributed by atoms with Crippen LogP contribution < -0.4 is 11.1 Å². The molecule has 0 fully saturated rings. The summed E-state index contributed by atoms with van der Waals surface area (Å²) in [7, 11) is -4.35. The van der Waals surface area contributed by atoms with Crippen LogP contribution in [0.5, 0.6) is 0 Å². The van der Waals surface area contributed by atoms with Crippen LogP contribution in [-0.2, 0) is 18.4 Å². The molecule has 0 spiro atoms. The van der Waals surface area contributed by atoms with Gasteiger partial charge in [-0.2, -0.15) is 0 Å². The summed E-state index contributed by atoms with van der Waals surface area (Å²) >= 11 is 0. The predicted octanol–water partition coefficient (Wildman–Crippen LogP) is 13.9. The fourth-order valence-corrected chi connectivity index (χ4v) is 7.81. The number of hydrogen-bond donors (Lipinski definition) is 4. The van der Waals surface area contributed by atoms with Gasteiger partial charge in [-0.05, 0) is 44.9 Å². The van der Waals surface area contributed by atoms with Crippen LogP contribution in [-0.4, -0.2) is 47.8 Å². The third-order valence-corrected chi connectivity index (χ3v) is 11.7. The van der Waals surface area contributed by atoms with Gasteiger partial charge in [-0.25, -0.2) is 4.57 Å². The summed E-state index contributed by atoms with van der Waals surface area (Å²) in [6.07, 6.45) is 53.5. The van der Waals surface area contributed by atoms with Gasteiger partial charge in [0.05, 0.1) is 25.4 Å². The first kappa shape index (κ1) is 55.7. The van der Waals surface area contributed by atoms with Gasteiger partial charge in [-0.15, -0.1) is 0 Å². The second-order valence-corrected chi connectivity index (χ2v) is 17.8. The van der Waals surface area contributed by atoms with Gasteiger partial charge < -0.3 is 21.1 Å². The Kier molecular flexibility index (Phi) is 43.3. The minimum Gasteiger partial charge on any atom is -0.387 e. The molecular weight excluding hydrogens is 732 g/mol. The molecule has 0 aliphatic carbocycles. The smallest absolute Gasteiger partial charge is 0.387 e. The molecule has 8 nitrogen and oxygen atoms in total. The van der Waals surface area contributed by atoms with Crippen LogP contribution in [0.2, 0.25) is 0 Å². The fraction of sp³-hybridized carbons (Fsp3) is 0.854. The van der Waals surface area contributed by atoms with E-state index in [1.165, 1.54) is 167 Å². The van der Waals surface area contributed by atoms with Crippen LogP contribution in [0.25, 0.3) is 0 Å². The van der Waals surface area contributed by atoms with E-state index < -0.39 is 20.0 Å². The molecule has 0 aromatic carbocycles. The molecule has 57 heavy (non-hydrogen) atoms. The van der Waals surface area contributed by atoms with Crippen LogP contribution in [0.15, 0.2) is 36.5 Å². The topological polar surface area (TPSA) is 131 Å². The van der Waals surface area contributed by atoms with E-state index in [4.69, 9.17) is 14.8 Å². The molecule has 1 amide bonds. The van der Waals surface area contributed by atoms with E-state index in [9.17, 15) is 19.4 Å². The molecule has 0 aliphatic rings. The van der Waals surface area contributed by atoms with Crippen molar-refractivity contribution in [2.45, 2.75) is 244 Å². The highest BCUT2D eigenvalue weighted by atomic mass is 31.2. The number of amides is 1. The lowest BCUT2D eigenvalue weighted by atomic mass is 10.0. The summed E-state index contributed by atoms with van der Waals surface area (Å²) in [6, 6.07) is -0.880. The van der Waals surface area contributed by atoms with E-state index in [1.54, 1.807) is 6.08 Å². The predicted molar refractivity (Wildman–Crippen MR) is 244 cm³/mol. The molecule has 0 bridgehead atoms. The highest BCUT2D eigenvalue weighted by Gasteiger charge is 2.26. The second-order valence-electron chi connectivity index (χ2n) is 16.3. The Bertz CT molecular complexity index is 990. The number of carbonyl (C=O) groups excluding carboxylic acids is 1. The number of unbranched alkanes of at least 4 members (excludes halogenated alkanes) is 29. The molecule has 5 N–H and O–H groups in total. The molecule has 3 atom stereocenters. The van der Waals surface area contributed by atoms with Crippen molar-refractivity contribution < 1.29 is 28.4 Å². The van der Waals surface area contributed by atoms with Crippen molar-refractivity contribution in [1.82, 2.24) is 5.32 Å². The quantitative estimate of drug-likeness (QED) is 0.0273. The number of phosphoric acid groups is 1. The van der Waals surface area contributed by atoms with Crippen LogP contribution >= 0.6 is 7.82 Å². The van der Waals surface area contributed by atoms with Crippen molar-refractivity contribution in [2.24, 2.45) is 5.73 Å². The van der Waals surface area contributed by atoms with E-state index in [-0.39, 0.29) is 25.7 Å². The molecule has 0 aliphatic heterocycles. The van der Waals surface area contributed by atoms with E-state index in [1.807, 2.05) is 6.08 Å². The molecular formula is C48H93N2O6P. The minimum atomic E-state index is -4.35. The van der Waals surface area contributed by atoms with Crippen LogP contribution in [0, 0.1) is 0 Å².